The van der Waals surface area contributed by atoms with Crippen molar-refractivity contribution in [1.29, 1.82) is 0 Å². The van der Waals surface area contributed by atoms with E-state index in [0.29, 0.717) is 6.54 Å². The lowest BCUT2D eigenvalue weighted by Gasteiger charge is -2.21. The number of aromatic amines is 1. The molecule has 23 heavy (non-hydrogen) atoms. The number of aromatic nitrogens is 1. The van der Waals surface area contributed by atoms with Gasteiger partial charge in [-0.15, -0.1) is 0 Å². The normalized spacial score (nSPS) is 12.3. The van der Waals surface area contributed by atoms with E-state index < -0.39 is 6.04 Å². The van der Waals surface area contributed by atoms with Crippen LogP contribution in [0.4, 0.5) is 0 Å². The number of H-pyrrole nitrogens is 1. The van der Waals surface area contributed by atoms with Gasteiger partial charge in [0, 0.05) is 18.3 Å². The van der Waals surface area contributed by atoms with Gasteiger partial charge in [-0.05, 0) is 23.4 Å². The summed E-state index contributed by atoms with van der Waals surface area (Å²) in [5.41, 5.74) is 1.95. The summed E-state index contributed by atoms with van der Waals surface area (Å²) in [5.74, 6) is -0.520. The Bertz CT molecular complexity index is 646. The van der Waals surface area contributed by atoms with Crippen molar-refractivity contribution in [3.8, 4) is 0 Å². The van der Waals surface area contributed by atoms with Crippen LogP contribution in [0.1, 0.15) is 19.5 Å². The highest BCUT2D eigenvalue weighted by Gasteiger charge is 2.23. The van der Waals surface area contributed by atoms with Crippen LogP contribution in [0.3, 0.4) is 0 Å². The molecule has 1 aromatic heterocycles. The monoisotopic (exact) mass is 317 g/mol. The van der Waals surface area contributed by atoms with E-state index in [0.717, 1.165) is 16.6 Å². The maximum absolute atomic E-state index is 12.3. The summed E-state index contributed by atoms with van der Waals surface area (Å²) in [6.07, 6.45) is 0. The van der Waals surface area contributed by atoms with Crippen LogP contribution in [0.25, 0.3) is 10.9 Å². The second-order valence-corrected chi connectivity index (χ2v) is 5.82. The third-order valence-electron chi connectivity index (χ3n) is 3.58. The summed E-state index contributed by atoms with van der Waals surface area (Å²) in [6.45, 7) is 4.11. The molecule has 6 nitrogen and oxygen atoms in total. The van der Waals surface area contributed by atoms with Crippen molar-refractivity contribution >= 4 is 22.7 Å². The van der Waals surface area contributed by atoms with Gasteiger partial charge in [0.15, 0.2) is 0 Å². The summed E-state index contributed by atoms with van der Waals surface area (Å²) in [7, 11) is 1.44. The van der Waals surface area contributed by atoms with E-state index in [4.69, 9.17) is 4.74 Å². The fourth-order valence-corrected chi connectivity index (χ4v) is 2.40. The molecule has 124 valence electrons. The van der Waals surface area contributed by atoms with Gasteiger partial charge in [-0.3, -0.25) is 9.59 Å². The summed E-state index contributed by atoms with van der Waals surface area (Å²) >= 11 is 0. The fraction of sp³-hybridized carbons (Fsp3) is 0.412. The Labute approximate surface area is 135 Å². The first-order valence-electron chi connectivity index (χ1n) is 7.64. The molecule has 2 amide bonds. The van der Waals surface area contributed by atoms with E-state index in [1.165, 1.54) is 7.11 Å². The number of hydrogen-bond donors (Lipinski definition) is 3. The molecule has 1 aromatic carbocycles. The smallest absolute Gasteiger partial charge is 0.246 e. The van der Waals surface area contributed by atoms with Crippen LogP contribution in [0.5, 0.6) is 0 Å². The number of benzene rings is 1. The summed E-state index contributed by atoms with van der Waals surface area (Å²) in [4.78, 5) is 27.2. The average Bonchev–Trinajstić information content (AvgIpc) is 2.93. The first kappa shape index (κ1) is 17.0. The number of rotatable bonds is 7. The largest absolute Gasteiger partial charge is 0.375 e. The van der Waals surface area contributed by atoms with Gasteiger partial charge in [0.2, 0.25) is 11.8 Å². The molecule has 0 saturated carbocycles. The topological polar surface area (TPSA) is 83.2 Å². The van der Waals surface area contributed by atoms with Crippen molar-refractivity contribution in [3.05, 3.63) is 36.0 Å². The van der Waals surface area contributed by atoms with E-state index in [9.17, 15) is 9.59 Å². The number of para-hydroxylation sites is 1. The predicted octanol–water partition coefficient (Wildman–Crippen LogP) is 1.57. The molecule has 0 radical (unpaired) electrons. The summed E-state index contributed by atoms with van der Waals surface area (Å²) in [5, 5.41) is 6.66. The first-order valence-corrected chi connectivity index (χ1v) is 7.64. The van der Waals surface area contributed by atoms with Crippen LogP contribution in [0, 0.1) is 5.92 Å². The van der Waals surface area contributed by atoms with Crippen LogP contribution < -0.4 is 10.6 Å². The first-order chi connectivity index (χ1) is 11.0. The number of amides is 2. The number of nitrogens with one attached hydrogen (secondary N) is 3. The lowest BCUT2D eigenvalue weighted by Crippen LogP contribution is -2.50. The molecular formula is C17H23N3O3. The van der Waals surface area contributed by atoms with Crippen molar-refractivity contribution in [2.75, 3.05) is 13.7 Å². The number of fused-ring (bicyclic) bond motifs is 1. The number of methoxy groups -OCH3 is 1. The maximum Gasteiger partial charge on any atom is 0.246 e. The highest BCUT2D eigenvalue weighted by atomic mass is 16.5. The molecule has 1 heterocycles. The van der Waals surface area contributed by atoms with Crippen molar-refractivity contribution in [2.45, 2.75) is 26.4 Å². The maximum atomic E-state index is 12.3. The minimum atomic E-state index is -0.581. The molecule has 1 atom stereocenters. The Balaban J connectivity index is 1.96. The summed E-state index contributed by atoms with van der Waals surface area (Å²) in [6, 6.07) is 9.35. The molecule has 2 rings (SSSR count). The zero-order valence-corrected chi connectivity index (χ0v) is 13.7. The molecule has 3 N–H and O–H groups in total. The van der Waals surface area contributed by atoms with Gasteiger partial charge in [0.05, 0.1) is 6.54 Å². The molecule has 0 unspecified atom stereocenters. The molecule has 0 aliphatic rings. The standard InChI is InChI=1S/C17H23N3O3/c1-11(2)16(20-15(21)10-23-3)17(22)18-9-13-8-12-6-4-5-7-14(12)19-13/h4-8,11,16,19H,9-10H2,1-3H3,(H,18,22)(H,20,21)/t16-/m0/s1. The van der Waals surface area contributed by atoms with Crippen LogP contribution in [0.15, 0.2) is 30.3 Å². The average molecular weight is 317 g/mol. The molecule has 6 heteroatoms. The van der Waals surface area contributed by atoms with E-state index >= 15 is 0 Å². The molecule has 0 aliphatic carbocycles. The molecular weight excluding hydrogens is 294 g/mol. The van der Waals surface area contributed by atoms with Crippen LogP contribution in [-0.4, -0.2) is 36.6 Å². The van der Waals surface area contributed by atoms with Crippen molar-refractivity contribution in [3.63, 3.8) is 0 Å². The molecule has 0 spiro atoms. The van der Waals surface area contributed by atoms with Gasteiger partial charge in [0.1, 0.15) is 12.6 Å². The number of carbonyl (C=O) groups is 2. The lowest BCUT2D eigenvalue weighted by molar-refractivity contribution is -0.132. The predicted molar refractivity (Wildman–Crippen MR) is 88.8 cm³/mol. The number of hydrogen-bond acceptors (Lipinski definition) is 3. The van der Waals surface area contributed by atoms with E-state index in [2.05, 4.69) is 15.6 Å². The molecule has 2 aromatic rings. The Morgan fingerprint density at radius 1 is 1.26 bits per heavy atom. The van der Waals surface area contributed by atoms with Gasteiger partial charge < -0.3 is 20.4 Å². The Morgan fingerprint density at radius 3 is 2.65 bits per heavy atom. The van der Waals surface area contributed by atoms with E-state index in [1.54, 1.807) is 0 Å². The second-order valence-electron chi connectivity index (χ2n) is 5.82. The lowest BCUT2D eigenvalue weighted by atomic mass is 10.0. The number of carbonyl (C=O) groups excluding carboxylic acids is 2. The third kappa shape index (κ3) is 4.56. The van der Waals surface area contributed by atoms with Crippen molar-refractivity contribution < 1.29 is 14.3 Å². The van der Waals surface area contributed by atoms with Crippen LogP contribution >= 0.6 is 0 Å². The summed E-state index contributed by atoms with van der Waals surface area (Å²) < 4.78 is 4.78. The van der Waals surface area contributed by atoms with Crippen molar-refractivity contribution in [2.24, 2.45) is 5.92 Å². The van der Waals surface area contributed by atoms with Gasteiger partial charge in [-0.1, -0.05) is 32.0 Å². The minimum absolute atomic E-state index is 0.0153. The minimum Gasteiger partial charge on any atom is -0.375 e. The molecule has 0 saturated heterocycles. The fourth-order valence-electron chi connectivity index (χ4n) is 2.40. The van der Waals surface area contributed by atoms with Gasteiger partial charge in [0.25, 0.3) is 0 Å². The highest BCUT2D eigenvalue weighted by molar-refractivity contribution is 5.88. The van der Waals surface area contributed by atoms with Crippen LogP contribution in [-0.2, 0) is 20.9 Å². The second kappa shape index (κ2) is 7.78. The Morgan fingerprint density at radius 2 is 2.00 bits per heavy atom. The Kier molecular flexibility index (Phi) is 5.76. The Hall–Kier alpha value is -2.34. The van der Waals surface area contributed by atoms with E-state index in [-0.39, 0.29) is 24.3 Å². The van der Waals surface area contributed by atoms with Gasteiger partial charge >= 0.3 is 0 Å². The van der Waals surface area contributed by atoms with Crippen molar-refractivity contribution in [1.82, 2.24) is 15.6 Å². The zero-order valence-electron chi connectivity index (χ0n) is 13.7. The van der Waals surface area contributed by atoms with Gasteiger partial charge in [-0.25, -0.2) is 0 Å². The molecule has 0 bridgehead atoms. The van der Waals surface area contributed by atoms with E-state index in [1.807, 2.05) is 44.2 Å². The molecule has 0 fully saturated rings. The zero-order chi connectivity index (χ0) is 16.8. The molecule has 0 aliphatic heterocycles. The SMILES string of the molecule is COCC(=O)N[C@H](C(=O)NCc1cc2ccccc2[nH]1)C(C)C. The van der Waals surface area contributed by atoms with Crippen LogP contribution in [0.2, 0.25) is 0 Å². The highest BCUT2D eigenvalue weighted by Crippen LogP contribution is 2.14. The van der Waals surface area contributed by atoms with Gasteiger partial charge in [-0.2, -0.15) is 0 Å². The quantitative estimate of drug-likeness (QED) is 0.725. The number of ether oxygens (including phenoxy) is 1. The third-order valence-corrected chi connectivity index (χ3v) is 3.58.